The van der Waals surface area contributed by atoms with E-state index in [0.717, 1.165) is 11.3 Å². The number of anilines is 2. The highest BCUT2D eigenvalue weighted by molar-refractivity contribution is 7.07. The minimum absolute atomic E-state index is 0.0555. The van der Waals surface area contributed by atoms with E-state index in [1.165, 1.54) is 23.8 Å². The first-order chi connectivity index (χ1) is 15.8. The van der Waals surface area contributed by atoms with Gasteiger partial charge in [-0.05, 0) is 25.1 Å². The molecule has 0 unspecified atom stereocenters. The molecule has 0 bridgehead atoms. The molecule has 2 aromatic rings. The molecular formula is C22H22N4O6S. The molecule has 0 atom stereocenters. The summed E-state index contributed by atoms with van der Waals surface area (Å²) in [6.45, 7) is 6.18. The predicted octanol–water partition coefficient (Wildman–Crippen LogP) is 0.685. The quantitative estimate of drug-likeness (QED) is 0.403. The van der Waals surface area contributed by atoms with Crippen molar-refractivity contribution in [3.05, 3.63) is 56.5 Å². The molecule has 33 heavy (non-hydrogen) atoms. The summed E-state index contributed by atoms with van der Waals surface area (Å²) in [6.07, 6.45) is 2.83. The lowest BCUT2D eigenvalue weighted by Gasteiger charge is -2.07. The highest BCUT2D eigenvalue weighted by atomic mass is 32.1. The monoisotopic (exact) mass is 470 g/mol. The van der Waals surface area contributed by atoms with Gasteiger partial charge in [0.1, 0.15) is 21.9 Å². The Morgan fingerprint density at radius 2 is 2.00 bits per heavy atom. The van der Waals surface area contributed by atoms with Crippen LogP contribution in [-0.2, 0) is 30.4 Å². The Labute approximate surface area is 193 Å². The molecule has 1 heterocycles. The molecular weight excluding hydrogens is 448 g/mol. The standard InChI is InChI=1S/C22H22N4O6S/c1-4-9-31-22(30)17(11-23)21-26(5-2)20(29)18(33-21)12-24-15-7-6-8-16(10-15)25-19(28)13-32-14(3)27/h4,6-8,10,12,24H,1,5,9,13H2,2-3H3,(H,25,28). The number of esters is 2. The lowest BCUT2D eigenvalue weighted by atomic mass is 10.2. The molecule has 0 aliphatic heterocycles. The number of nitrogens with one attached hydrogen (secondary N) is 2. The summed E-state index contributed by atoms with van der Waals surface area (Å²) in [5.41, 5.74) is 0.374. The van der Waals surface area contributed by atoms with Crippen molar-refractivity contribution in [1.29, 1.82) is 5.26 Å². The number of carbonyl (C=O) groups is 3. The van der Waals surface area contributed by atoms with Crippen LogP contribution in [0.2, 0.25) is 0 Å². The van der Waals surface area contributed by atoms with Gasteiger partial charge in [0, 0.05) is 31.0 Å². The van der Waals surface area contributed by atoms with E-state index in [0.29, 0.717) is 11.4 Å². The van der Waals surface area contributed by atoms with E-state index >= 15 is 0 Å². The van der Waals surface area contributed by atoms with E-state index < -0.39 is 24.5 Å². The minimum Gasteiger partial charge on any atom is -0.457 e. The first kappa shape index (κ1) is 25.1. The normalized spacial score (nSPS) is 11.7. The molecule has 0 saturated carbocycles. The summed E-state index contributed by atoms with van der Waals surface area (Å²) in [5.74, 6) is -1.89. The van der Waals surface area contributed by atoms with Crippen LogP contribution in [0.25, 0.3) is 11.8 Å². The maximum Gasteiger partial charge on any atom is 0.352 e. The van der Waals surface area contributed by atoms with Crippen molar-refractivity contribution >= 4 is 52.3 Å². The second-order valence-electron chi connectivity index (χ2n) is 6.39. The molecule has 1 aromatic carbocycles. The molecule has 0 saturated heterocycles. The minimum atomic E-state index is -0.836. The Hall–Kier alpha value is -4.17. The van der Waals surface area contributed by atoms with Gasteiger partial charge in [-0.25, -0.2) is 4.79 Å². The average molecular weight is 471 g/mol. The van der Waals surface area contributed by atoms with Crippen LogP contribution in [0, 0.1) is 11.3 Å². The summed E-state index contributed by atoms with van der Waals surface area (Å²) in [4.78, 5) is 47.5. The summed E-state index contributed by atoms with van der Waals surface area (Å²) in [6, 6.07) is 8.47. The predicted molar refractivity (Wildman–Crippen MR) is 123 cm³/mol. The first-order valence-corrected chi connectivity index (χ1v) is 10.5. The van der Waals surface area contributed by atoms with Gasteiger partial charge in [0.15, 0.2) is 12.2 Å². The van der Waals surface area contributed by atoms with Crippen molar-refractivity contribution < 1.29 is 23.9 Å². The van der Waals surface area contributed by atoms with E-state index in [2.05, 4.69) is 21.9 Å². The largest absolute Gasteiger partial charge is 0.457 e. The van der Waals surface area contributed by atoms with E-state index in [4.69, 9.17) is 4.74 Å². The Kier molecular flexibility index (Phi) is 9.14. The zero-order valence-corrected chi connectivity index (χ0v) is 18.9. The first-order valence-electron chi connectivity index (χ1n) is 9.72. The highest BCUT2D eigenvalue weighted by Crippen LogP contribution is 2.15. The van der Waals surface area contributed by atoms with Gasteiger partial charge in [0.25, 0.3) is 11.5 Å². The molecule has 10 nitrogen and oxygen atoms in total. The summed E-state index contributed by atoms with van der Waals surface area (Å²) >= 11 is 0.977. The fourth-order valence-electron chi connectivity index (χ4n) is 2.58. The Bertz CT molecular complexity index is 1290. The van der Waals surface area contributed by atoms with Crippen LogP contribution in [-0.4, -0.2) is 35.6 Å². The molecule has 0 aliphatic rings. The van der Waals surface area contributed by atoms with E-state index in [-0.39, 0.29) is 33.5 Å². The van der Waals surface area contributed by atoms with E-state index in [1.807, 2.05) is 6.07 Å². The highest BCUT2D eigenvalue weighted by Gasteiger charge is 2.16. The van der Waals surface area contributed by atoms with Gasteiger partial charge >= 0.3 is 11.9 Å². The van der Waals surface area contributed by atoms with Gasteiger partial charge in [-0.3, -0.25) is 19.0 Å². The number of nitrogens with zero attached hydrogens (tertiary/aromatic N) is 2. The van der Waals surface area contributed by atoms with Crippen molar-refractivity contribution in [1.82, 2.24) is 4.57 Å². The number of benzene rings is 1. The van der Waals surface area contributed by atoms with Crippen LogP contribution in [0.3, 0.4) is 0 Å². The van der Waals surface area contributed by atoms with Crippen molar-refractivity contribution in [2.75, 3.05) is 23.8 Å². The molecule has 11 heteroatoms. The van der Waals surface area contributed by atoms with Crippen molar-refractivity contribution in [3.8, 4) is 6.07 Å². The molecule has 0 fully saturated rings. The lowest BCUT2D eigenvalue weighted by Crippen LogP contribution is -2.32. The van der Waals surface area contributed by atoms with Gasteiger partial charge in [-0.15, -0.1) is 11.3 Å². The van der Waals surface area contributed by atoms with Gasteiger partial charge in [0.05, 0.1) is 0 Å². The zero-order chi connectivity index (χ0) is 24.4. The third-order valence-corrected chi connectivity index (χ3v) is 5.14. The fourth-order valence-corrected chi connectivity index (χ4v) is 3.66. The number of rotatable bonds is 9. The smallest absolute Gasteiger partial charge is 0.352 e. The molecule has 1 aromatic heterocycles. The number of carbonyl (C=O) groups excluding carboxylic acids is 3. The van der Waals surface area contributed by atoms with Gasteiger partial charge in [-0.1, -0.05) is 18.7 Å². The molecule has 0 aliphatic carbocycles. The van der Waals surface area contributed by atoms with Crippen LogP contribution in [0.1, 0.15) is 13.8 Å². The third-order valence-electron chi connectivity index (χ3n) is 4.01. The van der Waals surface area contributed by atoms with Gasteiger partial charge in [0.2, 0.25) is 0 Å². The molecule has 172 valence electrons. The second-order valence-corrected chi connectivity index (χ2v) is 7.42. The molecule has 0 spiro atoms. The number of amides is 1. The van der Waals surface area contributed by atoms with Crippen LogP contribution in [0.4, 0.5) is 11.4 Å². The number of ether oxygens (including phenoxy) is 2. The summed E-state index contributed by atoms with van der Waals surface area (Å²) < 4.78 is 11.4. The topological polar surface area (TPSA) is 140 Å². The van der Waals surface area contributed by atoms with Crippen LogP contribution in [0.5, 0.6) is 0 Å². The molecule has 2 N–H and O–H groups in total. The summed E-state index contributed by atoms with van der Waals surface area (Å²) in [7, 11) is 0. The van der Waals surface area contributed by atoms with Crippen LogP contribution < -0.4 is 25.4 Å². The van der Waals surface area contributed by atoms with E-state index in [1.54, 1.807) is 31.2 Å². The third kappa shape index (κ3) is 6.91. The van der Waals surface area contributed by atoms with Gasteiger partial charge < -0.3 is 20.1 Å². The SMILES string of the molecule is C=CCOC(=O)C(C#N)=c1sc(=CNc2cccc(NC(=O)COC(C)=O)c2)c(=O)n1CC. The summed E-state index contributed by atoms with van der Waals surface area (Å²) in [5, 5.41) is 15.0. The molecule has 2 rings (SSSR count). The molecule has 1 amide bonds. The fraction of sp³-hybridized carbons (Fsp3) is 0.227. The number of nitriles is 1. The number of hydrogen-bond donors (Lipinski definition) is 2. The molecule has 0 radical (unpaired) electrons. The number of thiazole rings is 1. The second kappa shape index (κ2) is 12.0. The van der Waals surface area contributed by atoms with Crippen molar-refractivity contribution in [2.24, 2.45) is 0 Å². The maximum absolute atomic E-state index is 12.8. The Balaban J connectivity index is 2.33. The maximum atomic E-state index is 12.8. The Morgan fingerprint density at radius 1 is 1.27 bits per heavy atom. The van der Waals surface area contributed by atoms with E-state index in [9.17, 15) is 24.4 Å². The van der Waals surface area contributed by atoms with Crippen molar-refractivity contribution in [3.63, 3.8) is 0 Å². The van der Waals surface area contributed by atoms with Crippen LogP contribution in [0.15, 0.2) is 41.7 Å². The number of hydrogen-bond acceptors (Lipinski definition) is 9. The number of aromatic nitrogens is 1. The van der Waals surface area contributed by atoms with Gasteiger partial charge in [-0.2, -0.15) is 5.26 Å². The zero-order valence-electron chi connectivity index (χ0n) is 18.0. The van der Waals surface area contributed by atoms with Crippen molar-refractivity contribution in [2.45, 2.75) is 20.4 Å². The Morgan fingerprint density at radius 3 is 2.64 bits per heavy atom. The average Bonchev–Trinajstić information content (AvgIpc) is 3.10. The lowest BCUT2D eigenvalue weighted by molar-refractivity contribution is -0.145. The van der Waals surface area contributed by atoms with Crippen LogP contribution >= 0.6 is 11.3 Å².